The molecule has 27 heavy (non-hydrogen) atoms. The minimum absolute atomic E-state index is 0.488. The average Bonchev–Trinajstić information content (AvgIpc) is 2.85. The molecular weight excluding hydrogens is 324 g/mol. The fraction of sp³-hybridized carbons (Fsp3) is 0.333. The van der Waals surface area contributed by atoms with E-state index in [-0.39, 0.29) is 0 Å². The zero-order valence-electron chi connectivity index (χ0n) is 16.3. The predicted octanol–water partition coefficient (Wildman–Crippen LogP) is 7.20. The Bertz CT molecular complexity index is 931. The van der Waals surface area contributed by atoms with Crippen molar-refractivity contribution in [3.05, 3.63) is 94.6 Å². The monoisotopic (exact) mass is 352 g/mol. The first-order chi connectivity index (χ1) is 13.2. The molecule has 0 aliphatic heterocycles. The Balaban J connectivity index is 1.68. The zero-order valence-corrected chi connectivity index (χ0v) is 16.3. The summed E-state index contributed by atoms with van der Waals surface area (Å²) in [7, 11) is 0. The summed E-state index contributed by atoms with van der Waals surface area (Å²) in [6.45, 7) is 4.82. The molecule has 0 saturated heterocycles. The molecule has 0 amide bonds. The van der Waals surface area contributed by atoms with Crippen molar-refractivity contribution < 1.29 is 0 Å². The molecule has 4 aliphatic carbocycles. The maximum atomic E-state index is 2.44. The molecule has 5 unspecified atom stereocenters. The largest absolute Gasteiger partial charge is 0.0842 e. The van der Waals surface area contributed by atoms with Gasteiger partial charge in [-0.05, 0) is 46.9 Å². The van der Waals surface area contributed by atoms with Crippen molar-refractivity contribution in [2.45, 2.75) is 38.5 Å². The van der Waals surface area contributed by atoms with Gasteiger partial charge in [0.1, 0.15) is 0 Å². The molecule has 1 aromatic carbocycles. The zero-order chi connectivity index (χ0) is 18.4. The molecule has 0 heterocycles. The number of hydrogen-bond acceptors (Lipinski definition) is 0. The van der Waals surface area contributed by atoms with Crippen molar-refractivity contribution in [1.82, 2.24) is 0 Å². The van der Waals surface area contributed by atoms with E-state index >= 15 is 0 Å². The predicted molar refractivity (Wildman–Crippen MR) is 117 cm³/mol. The van der Waals surface area contributed by atoms with Gasteiger partial charge in [-0.15, -0.1) is 0 Å². The van der Waals surface area contributed by atoms with Crippen LogP contribution in [-0.2, 0) is 0 Å². The third kappa shape index (κ3) is 2.74. The summed E-state index contributed by atoms with van der Waals surface area (Å²) >= 11 is 0. The second-order valence-corrected chi connectivity index (χ2v) is 8.57. The van der Waals surface area contributed by atoms with Crippen LogP contribution in [0.15, 0.2) is 72.4 Å². The third-order valence-electron chi connectivity index (χ3n) is 7.08. The fourth-order valence-corrected chi connectivity index (χ4v) is 5.36. The van der Waals surface area contributed by atoms with Gasteiger partial charge in [-0.3, -0.25) is 0 Å². The van der Waals surface area contributed by atoms with Crippen LogP contribution in [0.25, 0.3) is 12.2 Å². The first kappa shape index (κ1) is 16.8. The van der Waals surface area contributed by atoms with Crippen LogP contribution in [0.4, 0.5) is 0 Å². The second kappa shape index (κ2) is 6.68. The summed E-state index contributed by atoms with van der Waals surface area (Å²) in [5, 5.41) is 0. The Hall–Kier alpha value is -2.34. The van der Waals surface area contributed by atoms with Crippen molar-refractivity contribution >= 4 is 12.2 Å². The highest BCUT2D eigenvalue weighted by atomic mass is 14.4. The van der Waals surface area contributed by atoms with Crippen molar-refractivity contribution in [2.75, 3.05) is 0 Å². The highest BCUT2D eigenvalue weighted by Gasteiger charge is 2.33. The molecule has 136 valence electrons. The smallest absolute Gasteiger partial charge is 0.0125 e. The standard InChI is InChI=1S/C27H28/c1-18-12-14-25-24-15-13-20-8-6-7-11-22(20)23(24)16-17-26(25)27(19(18)2)21-9-4-3-5-10-21/h3-4,6-9,11-20,22,27H,5,10H2,1-2H3. The van der Waals surface area contributed by atoms with E-state index in [1.165, 1.54) is 35.1 Å². The lowest BCUT2D eigenvalue weighted by Crippen LogP contribution is -2.20. The quantitative estimate of drug-likeness (QED) is 0.501. The van der Waals surface area contributed by atoms with Gasteiger partial charge in [0.05, 0.1) is 0 Å². The van der Waals surface area contributed by atoms with Gasteiger partial charge < -0.3 is 0 Å². The van der Waals surface area contributed by atoms with Crippen LogP contribution in [0, 0.1) is 17.8 Å². The Kier molecular flexibility index (Phi) is 4.16. The maximum absolute atomic E-state index is 2.44. The highest BCUT2D eigenvalue weighted by molar-refractivity contribution is 5.75. The molecule has 0 N–H and O–H groups in total. The second-order valence-electron chi connectivity index (χ2n) is 8.57. The minimum Gasteiger partial charge on any atom is -0.0842 e. The molecule has 0 nitrogen and oxygen atoms in total. The van der Waals surface area contributed by atoms with Crippen molar-refractivity contribution in [3.63, 3.8) is 0 Å². The van der Waals surface area contributed by atoms with Gasteiger partial charge in [0, 0.05) is 17.8 Å². The Morgan fingerprint density at radius 2 is 1.59 bits per heavy atom. The Labute approximate surface area is 163 Å². The SMILES string of the molecule is CC1C=Cc2c(ccc3c2C=CC2C=CC=CC32)C(C2=CC=CCC2)C1C. The van der Waals surface area contributed by atoms with Gasteiger partial charge in [0.25, 0.3) is 0 Å². The molecule has 0 saturated carbocycles. The van der Waals surface area contributed by atoms with E-state index in [9.17, 15) is 0 Å². The summed E-state index contributed by atoms with van der Waals surface area (Å²) in [6.07, 6.45) is 28.1. The molecule has 0 bridgehead atoms. The topological polar surface area (TPSA) is 0 Å². The minimum atomic E-state index is 0.488. The first-order valence-electron chi connectivity index (χ1n) is 10.5. The van der Waals surface area contributed by atoms with Crippen LogP contribution in [0.2, 0.25) is 0 Å². The lowest BCUT2D eigenvalue weighted by atomic mass is 9.71. The van der Waals surface area contributed by atoms with E-state index < -0.39 is 0 Å². The third-order valence-corrected chi connectivity index (χ3v) is 7.08. The van der Waals surface area contributed by atoms with Gasteiger partial charge >= 0.3 is 0 Å². The van der Waals surface area contributed by atoms with Crippen LogP contribution in [0.3, 0.4) is 0 Å². The van der Waals surface area contributed by atoms with Crippen LogP contribution in [0.5, 0.6) is 0 Å². The molecular formula is C27H28. The van der Waals surface area contributed by atoms with Crippen LogP contribution in [0.1, 0.15) is 60.8 Å². The van der Waals surface area contributed by atoms with Gasteiger partial charge in [-0.2, -0.15) is 0 Å². The van der Waals surface area contributed by atoms with Crippen LogP contribution in [-0.4, -0.2) is 0 Å². The van der Waals surface area contributed by atoms with E-state index in [2.05, 4.69) is 92.8 Å². The van der Waals surface area contributed by atoms with Crippen molar-refractivity contribution in [2.24, 2.45) is 17.8 Å². The molecule has 5 rings (SSSR count). The number of benzene rings is 1. The lowest BCUT2D eigenvalue weighted by molar-refractivity contribution is 0.405. The van der Waals surface area contributed by atoms with E-state index in [1.54, 1.807) is 5.57 Å². The number of rotatable bonds is 1. The molecule has 0 radical (unpaired) electrons. The molecule has 0 aromatic heterocycles. The van der Waals surface area contributed by atoms with E-state index in [4.69, 9.17) is 0 Å². The normalized spacial score (nSPS) is 33.1. The number of hydrogen-bond donors (Lipinski definition) is 0. The first-order valence-corrected chi connectivity index (χ1v) is 10.5. The van der Waals surface area contributed by atoms with Crippen molar-refractivity contribution in [3.8, 4) is 0 Å². The summed E-state index contributed by atoms with van der Waals surface area (Å²) in [4.78, 5) is 0. The van der Waals surface area contributed by atoms with Gasteiger partial charge in [-0.1, -0.05) is 98.4 Å². The van der Waals surface area contributed by atoms with E-state index in [0.29, 0.717) is 29.6 Å². The Morgan fingerprint density at radius 3 is 2.44 bits per heavy atom. The van der Waals surface area contributed by atoms with Crippen LogP contribution >= 0.6 is 0 Å². The molecule has 0 spiro atoms. The Morgan fingerprint density at radius 1 is 0.815 bits per heavy atom. The van der Waals surface area contributed by atoms with Gasteiger partial charge in [-0.25, -0.2) is 0 Å². The maximum Gasteiger partial charge on any atom is 0.0125 e. The summed E-state index contributed by atoms with van der Waals surface area (Å²) in [5.41, 5.74) is 7.54. The van der Waals surface area contributed by atoms with E-state index in [0.717, 1.165) is 0 Å². The van der Waals surface area contributed by atoms with Crippen molar-refractivity contribution in [1.29, 1.82) is 0 Å². The number of allylic oxidation sites excluding steroid dienone is 10. The fourth-order valence-electron chi connectivity index (χ4n) is 5.36. The number of fused-ring (bicyclic) bond motifs is 5. The summed E-state index contributed by atoms with van der Waals surface area (Å²) in [5.74, 6) is 2.73. The summed E-state index contributed by atoms with van der Waals surface area (Å²) < 4.78 is 0. The molecule has 1 aromatic rings. The average molecular weight is 353 g/mol. The summed E-state index contributed by atoms with van der Waals surface area (Å²) in [6, 6.07) is 4.86. The van der Waals surface area contributed by atoms with Crippen LogP contribution < -0.4 is 0 Å². The van der Waals surface area contributed by atoms with Gasteiger partial charge in [0.2, 0.25) is 0 Å². The van der Waals surface area contributed by atoms with Gasteiger partial charge in [0.15, 0.2) is 0 Å². The highest BCUT2D eigenvalue weighted by Crippen LogP contribution is 2.47. The molecule has 0 heteroatoms. The molecule has 0 fully saturated rings. The van der Waals surface area contributed by atoms with E-state index in [1.807, 2.05) is 0 Å². The molecule has 5 atom stereocenters. The lowest BCUT2D eigenvalue weighted by Gasteiger charge is -2.33. The molecule has 4 aliphatic rings.